The van der Waals surface area contributed by atoms with Crippen LogP contribution in [0, 0.1) is 0 Å². The summed E-state index contributed by atoms with van der Waals surface area (Å²) in [6, 6.07) is 15.8. The third-order valence-corrected chi connectivity index (χ3v) is 5.53. The summed E-state index contributed by atoms with van der Waals surface area (Å²) in [5.74, 6) is 1.36. The smallest absolute Gasteiger partial charge is 0.288 e. The van der Waals surface area contributed by atoms with Crippen LogP contribution in [0.3, 0.4) is 0 Å². The van der Waals surface area contributed by atoms with Crippen LogP contribution in [0.5, 0.6) is 11.5 Å². The van der Waals surface area contributed by atoms with E-state index in [1.807, 2.05) is 36.4 Å². The second kappa shape index (κ2) is 7.16. The van der Waals surface area contributed by atoms with Gasteiger partial charge in [-0.3, -0.25) is 14.5 Å². The number of imide groups is 1. The van der Waals surface area contributed by atoms with Crippen LogP contribution in [-0.4, -0.2) is 28.3 Å². The lowest BCUT2D eigenvalue weighted by molar-refractivity contribution is -0.125. The molecule has 2 amide bonds. The van der Waals surface area contributed by atoms with Gasteiger partial charge in [0.2, 0.25) is 5.91 Å². The second-order valence-electron chi connectivity index (χ2n) is 7.50. The molecule has 5 heteroatoms. The molecular formula is C21H23NO3S. The lowest BCUT2D eigenvalue weighted by Crippen LogP contribution is -2.28. The third-order valence-electron chi connectivity index (χ3n) is 4.40. The number of rotatable bonds is 4. The van der Waals surface area contributed by atoms with E-state index in [0.29, 0.717) is 6.42 Å². The Labute approximate surface area is 158 Å². The molecule has 1 aliphatic heterocycles. The normalized spacial score (nSPS) is 17.7. The van der Waals surface area contributed by atoms with E-state index in [1.165, 1.54) is 17.5 Å². The summed E-state index contributed by atoms with van der Waals surface area (Å²) < 4.78 is 5.95. The summed E-state index contributed by atoms with van der Waals surface area (Å²) in [6.07, 6.45) is 0.514. The lowest BCUT2D eigenvalue weighted by Gasteiger charge is -2.19. The van der Waals surface area contributed by atoms with E-state index in [1.54, 1.807) is 0 Å². The monoisotopic (exact) mass is 369 g/mol. The van der Waals surface area contributed by atoms with E-state index in [2.05, 4.69) is 32.9 Å². The van der Waals surface area contributed by atoms with Crippen molar-refractivity contribution in [3.63, 3.8) is 0 Å². The first-order valence-electron chi connectivity index (χ1n) is 8.59. The molecule has 1 fully saturated rings. The largest absolute Gasteiger partial charge is 0.457 e. The Hall–Kier alpha value is -2.27. The topological polar surface area (TPSA) is 46.6 Å². The van der Waals surface area contributed by atoms with Crippen molar-refractivity contribution >= 4 is 22.9 Å². The number of thioether (sulfide) groups is 1. The Balaban J connectivity index is 1.70. The van der Waals surface area contributed by atoms with Crippen molar-refractivity contribution in [2.45, 2.75) is 37.9 Å². The molecule has 4 nitrogen and oxygen atoms in total. The minimum absolute atomic E-state index is 0.106. The molecule has 0 spiro atoms. The molecule has 0 radical (unpaired) electrons. The molecule has 2 aromatic rings. The van der Waals surface area contributed by atoms with E-state index < -0.39 is 0 Å². The fourth-order valence-corrected chi connectivity index (χ4v) is 3.82. The maximum Gasteiger partial charge on any atom is 0.288 e. The van der Waals surface area contributed by atoms with Gasteiger partial charge in [-0.25, -0.2) is 0 Å². The maximum absolute atomic E-state index is 12.1. The van der Waals surface area contributed by atoms with Crippen molar-refractivity contribution in [1.82, 2.24) is 4.90 Å². The van der Waals surface area contributed by atoms with Gasteiger partial charge in [-0.2, -0.15) is 0 Å². The number of amides is 2. The molecule has 3 rings (SSSR count). The van der Waals surface area contributed by atoms with Crippen LogP contribution < -0.4 is 4.74 Å². The average molecular weight is 369 g/mol. The zero-order valence-corrected chi connectivity index (χ0v) is 16.3. The number of hydrogen-bond acceptors (Lipinski definition) is 4. The van der Waals surface area contributed by atoms with Crippen LogP contribution in [0.15, 0.2) is 48.5 Å². The zero-order chi connectivity index (χ0) is 18.9. The molecule has 2 aromatic carbocycles. The first kappa shape index (κ1) is 18.5. The van der Waals surface area contributed by atoms with Crippen LogP contribution in [0.2, 0.25) is 0 Å². The van der Waals surface area contributed by atoms with Crippen molar-refractivity contribution < 1.29 is 14.3 Å². The molecule has 0 saturated carbocycles. The van der Waals surface area contributed by atoms with Crippen LogP contribution >= 0.6 is 11.8 Å². The van der Waals surface area contributed by atoms with E-state index in [-0.39, 0.29) is 21.8 Å². The van der Waals surface area contributed by atoms with Crippen molar-refractivity contribution in [2.24, 2.45) is 0 Å². The molecule has 1 saturated heterocycles. The van der Waals surface area contributed by atoms with Gasteiger partial charge in [0.15, 0.2) is 0 Å². The predicted octanol–water partition coefficient (Wildman–Crippen LogP) is 5.01. The number of hydrogen-bond donors (Lipinski definition) is 0. The summed E-state index contributed by atoms with van der Waals surface area (Å²) in [5, 5.41) is -0.542. The van der Waals surface area contributed by atoms with E-state index in [0.717, 1.165) is 28.8 Å². The van der Waals surface area contributed by atoms with Crippen molar-refractivity contribution in [3.05, 3.63) is 59.7 Å². The molecule has 1 unspecified atom stereocenters. The van der Waals surface area contributed by atoms with Gasteiger partial charge in [0, 0.05) is 7.05 Å². The standard InChI is InChI=1S/C21H23NO3S/c1-21(2,3)15-8-10-16(11-9-15)25-17-7-5-6-14(12-17)13-18-19(23)22(4)20(24)26-18/h5-12,18H,13H2,1-4H3. The van der Waals surface area contributed by atoms with Gasteiger partial charge in [0.1, 0.15) is 11.5 Å². The maximum atomic E-state index is 12.1. The molecule has 26 heavy (non-hydrogen) atoms. The van der Waals surface area contributed by atoms with Crippen molar-refractivity contribution in [3.8, 4) is 11.5 Å². The van der Waals surface area contributed by atoms with Gasteiger partial charge in [-0.1, -0.05) is 56.8 Å². The van der Waals surface area contributed by atoms with Gasteiger partial charge >= 0.3 is 0 Å². The third kappa shape index (κ3) is 4.10. The van der Waals surface area contributed by atoms with Gasteiger partial charge in [-0.15, -0.1) is 0 Å². The molecule has 0 aromatic heterocycles. The summed E-state index contributed by atoms with van der Waals surface area (Å²) in [6.45, 7) is 6.53. The highest BCUT2D eigenvalue weighted by Gasteiger charge is 2.36. The zero-order valence-electron chi connectivity index (χ0n) is 15.5. The average Bonchev–Trinajstić information content (AvgIpc) is 2.82. The molecular weight excluding hydrogens is 346 g/mol. The molecule has 1 atom stereocenters. The Bertz CT molecular complexity index is 824. The molecule has 1 heterocycles. The van der Waals surface area contributed by atoms with Gasteiger partial charge in [0.05, 0.1) is 5.25 Å². The summed E-state index contributed by atoms with van der Waals surface area (Å²) in [7, 11) is 1.53. The van der Waals surface area contributed by atoms with Crippen LogP contribution in [0.1, 0.15) is 31.9 Å². The fourth-order valence-electron chi connectivity index (χ4n) is 2.80. The van der Waals surface area contributed by atoms with Crippen LogP contribution in [0.25, 0.3) is 0 Å². The first-order valence-corrected chi connectivity index (χ1v) is 9.47. The number of benzene rings is 2. The molecule has 0 aliphatic carbocycles. The Kier molecular flexibility index (Phi) is 5.10. The van der Waals surface area contributed by atoms with E-state index >= 15 is 0 Å². The molecule has 0 bridgehead atoms. The quantitative estimate of drug-likeness (QED) is 0.760. The SMILES string of the molecule is CN1C(=O)SC(Cc2cccc(Oc3ccc(C(C)(C)C)cc3)c2)C1=O. The van der Waals surface area contributed by atoms with E-state index in [9.17, 15) is 9.59 Å². The first-order chi connectivity index (χ1) is 12.2. The molecule has 0 N–H and O–H groups in total. The highest BCUT2D eigenvalue weighted by Crippen LogP contribution is 2.30. The number of carbonyl (C=O) groups is 2. The number of ether oxygens (including phenoxy) is 1. The fraction of sp³-hybridized carbons (Fsp3) is 0.333. The molecule has 1 aliphatic rings. The van der Waals surface area contributed by atoms with Gasteiger partial charge in [-0.05, 0) is 47.2 Å². The predicted molar refractivity (Wildman–Crippen MR) is 105 cm³/mol. The van der Waals surface area contributed by atoms with Gasteiger partial charge in [0.25, 0.3) is 5.24 Å². The van der Waals surface area contributed by atoms with Crippen molar-refractivity contribution in [2.75, 3.05) is 7.05 Å². The lowest BCUT2D eigenvalue weighted by atomic mass is 9.87. The molecule has 136 valence electrons. The van der Waals surface area contributed by atoms with Crippen LogP contribution in [0.4, 0.5) is 4.79 Å². The number of carbonyl (C=O) groups excluding carboxylic acids is 2. The Morgan fingerprint density at radius 1 is 1.04 bits per heavy atom. The van der Waals surface area contributed by atoms with Gasteiger partial charge < -0.3 is 4.74 Å². The minimum atomic E-state index is -0.353. The van der Waals surface area contributed by atoms with E-state index in [4.69, 9.17) is 4.74 Å². The highest BCUT2D eigenvalue weighted by molar-refractivity contribution is 8.15. The Morgan fingerprint density at radius 2 is 1.73 bits per heavy atom. The minimum Gasteiger partial charge on any atom is -0.457 e. The van der Waals surface area contributed by atoms with Crippen molar-refractivity contribution in [1.29, 1.82) is 0 Å². The second-order valence-corrected chi connectivity index (χ2v) is 8.65. The summed E-state index contributed by atoms with van der Waals surface area (Å²) in [5.41, 5.74) is 2.33. The Morgan fingerprint density at radius 3 is 2.31 bits per heavy atom. The number of nitrogens with zero attached hydrogens (tertiary/aromatic N) is 1. The highest BCUT2D eigenvalue weighted by atomic mass is 32.2. The summed E-state index contributed by atoms with van der Waals surface area (Å²) >= 11 is 1.09. The summed E-state index contributed by atoms with van der Waals surface area (Å²) in [4.78, 5) is 24.9. The van der Waals surface area contributed by atoms with Crippen LogP contribution in [-0.2, 0) is 16.6 Å².